The molecular weight excluding hydrogens is 450 g/mol. The zero-order valence-corrected chi connectivity index (χ0v) is 21.6. The van der Waals surface area contributed by atoms with Crippen LogP contribution in [0.25, 0.3) is 0 Å². The van der Waals surface area contributed by atoms with Crippen LogP contribution in [0, 0.1) is 12.8 Å². The van der Waals surface area contributed by atoms with Crippen molar-refractivity contribution < 1.29 is 18.0 Å². The van der Waals surface area contributed by atoms with Crippen LogP contribution in [0.15, 0.2) is 54.6 Å². The lowest BCUT2D eigenvalue weighted by atomic mass is 10.1. The van der Waals surface area contributed by atoms with E-state index in [0.29, 0.717) is 31.6 Å². The van der Waals surface area contributed by atoms with Crippen molar-refractivity contribution in [2.75, 3.05) is 30.2 Å². The van der Waals surface area contributed by atoms with Gasteiger partial charge in [-0.2, -0.15) is 0 Å². The third-order valence-electron chi connectivity index (χ3n) is 5.62. The zero-order valence-electron chi connectivity index (χ0n) is 20.8. The molecule has 1 N–H and O–H groups in total. The second kappa shape index (κ2) is 12.6. The van der Waals surface area contributed by atoms with E-state index in [2.05, 4.69) is 5.32 Å². The maximum absolute atomic E-state index is 13.6. The number of nitrogens with one attached hydrogen (secondary N) is 1. The molecule has 34 heavy (non-hydrogen) atoms. The Bertz CT molecular complexity index is 1050. The van der Waals surface area contributed by atoms with Crippen molar-refractivity contribution >= 4 is 27.5 Å². The highest BCUT2D eigenvalue weighted by atomic mass is 32.2. The molecule has 0 aliphatic heterocycles. The van der Waals surface area contributed by atoms with Gasteiger partial charge in [-0.15, -0.1) is 0 Å². The summed E-state index contributed by atoms with van der Waals surface area (Å²) in [5, 5.41) is 2.93. The number of carbonyl (C=O) groups excluding carboxylic acids is 2. The number of para-hydroxylation sites is 1. The predicted octanol–water partition coefficient (Wildman–Crippen LogP) is 3.38. The second-order valence-corrected chi connectivity index (χ2v) is 10.8. The molecule has 2 aromatic rings. The molecule has 2 amide bonds. The number of aryl methyl sites for hydroxylation is 1. The Morgan fingerprint density at radius 1 is 1.00 bits per heavy atom. The standard InChI is InChI=1S/C26H37N3O4S/c1-6-23(26(31)27-18-20(2)3)28(17-16-22-13-8-7-9-14-22)25(30)19-29(34(5,32)33)24-15-11-10-12-21(24)4/h7-15,20,23H,6,16-19H2,1-5H3,(H,27,31)/t23-/m1/s1. The SMILES string of the molecule is CC[C@H](C(=O)NCC(C)C)N(CCc1ccccc1)C(=O)CN(c1ccccc1C)S(C)(=O)=O. The first-order valence-electron chi connectivity index (χ1n) is 11.7. The van der Waals surface area contributed by atoms with E-state index in [0.717, 1.165) is 21.7 Å². The summed E-state index contributed by atoms with van der Waals surface area (Å²) in [7, 11) is -3.73. The van der Waals surface area contributed by atoms with Crippen LogP contribution in [0.2, 0.25) is 0 Å². The average Bonchev–Trinajstić information content (AvgIpc) is 2.79. The first-order chi connectivity index (χ1) is 16.0. The topological polar surface area (TPSA) is 86.8 Å². The fraction of sp³-hybridized carbons (Fsp3) is 0.462. The van der Waals surface area contributed by atoms with Crippen LogP contribution in [0.4, 0.5) is 5.69 Å². The van der Waals surface area contributed by atoms with Gasteiger partial charge in [0.2, 0.25) is 21.8 Å². The monoisotopic (exact) mass is 487 g/mol. The quantitative estimate of drug-likeness (QED) is 0.497. The van der Waals surface area contributed by atoms with Crippen molar-refractivity contribution in [1.82, 2.24) is 10.2 Å². The molecule has 0 fully saturated rings. The van der Waals surface area contributed by atoms with Crippen molar-refractivity contribution in [3.8, 4) is 0 Å². The normalized spacial score (nSPS) is 12.3. The van der Waals surface area contributed by atoms with Gasteiger partial charge >= 0.3 is 0 Å². The van der Waals surface area contributed by atoms with Crippen LogP contribution in [-0.4, -0.2) is 57.1 Å². The van der Waals surface area contributed by atoms with Crippen LogP contribution in [0.5, 0.6) is 0 Å². The summed E-state index contributed by atoms with van der Waals surface area (Å²) in [6.07, 6.45) is 2.07. The van der Waals surface area contributed by atoms with Crippen molar-refractivity contribution in [3.05, 3.63) is 65.7 Å². The largest absolute Gasteiger partial charge is 0.354 e. The first kappa shape index (κ1) is 27.4. The van der Waals surface area contributed by atoms with Gasteiger partial charge in [0.25, 0.3) is 0 Å². The Hall–Kier alpha value is -2.87. The first-order valence-corrected chi connectivity index (χ1v) is 13.5. The second-order valence-electron chi connectivity index (χ2n) is 8.94. The molecule has 0 aliphatic rings. The van der Waals surface area contributed by atoms with Gasteiger partial charge < -0.3 is 10.2 Å². The summed E-state index contributed by atoms with van der Waals surface area (Å²) in [5.41, 5.74) is 2.24. The van der Waals surface area contributed by atoms with Gasteiger partial charge in [0.1, 0.15) is 12.6 Å². The molecule has 0 spiro atoms. The van der Waals surface area contributed by atoms with Gasteiger partial charge in [0.05, 0.1) is 11.9 Å². The Kier molecular flexibility index (Phi) is 10.1. The summed E-state index contributed by atoms with van der Waals surface area (Å²) < 4.78 is 26.4. The summed E-state index contributed by atoms with van der Waals surface area (Å²) in [6, 6.07) is 16.1. The lowest BCUT2D eigenvalue weighted by Crippen LogP contribution is -2.53. The highest BCUT2D eigenvalue weighted by Crippen LogP contribution is 2.22. The molecule has 0 radical (unpaired) electrons. The van der Waals surface area contributed by atoms with E-state index in [-0.39, 0.29) is 18.4 Å². The molecule has 186 valence electrons. The number of nitrogens with zero attached hydrogens (tertiary/aromatic N) is 2. The van der Waals surface area contributed by atoms with E-state index in [1.807, 2.05) is 57.2 Å². The Balaban J connectivity index is 2.35. The average molecular weight is 488 g/mol. The van der Waals surface area contributed by atoms with E-state index in [1.165, 1.54) is 4.90 Å². The lowest BCUT2D eigenvalue weighted by molar-refractivity contribution is -0.139. The molecule has 2 rings (SSSR count). The maximum atomic E-state index is 13.6. The van der Waals surface area contributed by atoms with Gasteiger partial charge in [0.15, 0.2) is 0 Å². The Morgan fingerprint density at radius 2 is 1.62 bits per heavy atom. The summed E-state index contributed by atoms with van der Waals surface area (Å²) in [5.74, 6) is -0.354. The third kappa shape index (κ3) is 7.87. The molecule has 8 heteroatoms. The molecule has 2 aromatic carbocycles. The van der Waals surface area contributed by atoms with Crippen molar-refractivity contribution in [1.29, 1.82) is 0 Å². The molecule has 0 bridgehead atoms. The van der Waals surface area contributed by atoms with Crippen molar-refractivity contribution in [2.45, 2.75) is 46.6 Å². The van der Waals surface area contributed by atoms with Crippen LogP contribution >= 0.6 is 0 Å². The fourth-order valence-corrected chi connectivity index (χ4v) is 4.66. The van der Waals surface area contributed by atoms with E-state index >= 15 is 0 Å². The fourth-order valence-electron chi connectivity index (χ4n) is 3.76. The summed E-state index contributed by atoms with van der Waals surface area (Å²) in [6.45, 7) is 8.12. The number of carbonyl (C=O) groups is 2. The Morgan fingerprint density at radius 3 is 2.18 bits per heavy atom. The minimum atomic E-state index is -3.73. The molecule has 1 atom stereocenters. The van der Waals surface area contributed by atoms with Crippen LogP contribution < -0.4 is 9.62 Å². The number of rotatable bonds is 12. The van der Waals surface area contributed by atoms with Crippen LogP contribution in [-0.2, 0) is 26.0 Å². The van der Waals surface area contributed by atoms with Crippen molar-refractivity contribution in [3.63, 3.8) is 0 Å². The molecule has 0 heterocycles. The number of hydrogen-bond acceptors (Lipinski definition) is 4. The van der Waals surface area contributed by atoms with Crippen LogP contribution in [0.3, 0.4) is 0 Å². The minimum Gasteiger partial charge on any atom is -0.354 e. The molecule has 0 saturated carbocycles. The number of benzene rings is 2. The smallest absolute Gasteiger partial charge is 0.244 e. The number of amides is 2. The molecule has 0 unspecified atom stereocenters. The summed E-state index contributed by atoms with van der Waals surface area (Å²) in [4.78, 5) is 28.1. The molecule has 0 saturated heterocycles. The molecule has 7 nitrogen and oxygen atoms in total. The van der Waals surface area contributed by atoms with Gasteiger partial charge in [-0.05, 0) is 42.9 Å². The maximum Gasteiger partial charge on any atom is 0.244 e. The van der Waals surface area contributed by atoms with Gasteiger partial charge in [-0.1, -0.05) is 69.3 Å². The van der Waals surface area contributed by atoms with Crippen LogP contribution in [0.1, 0.15) is 38.3 Å². The predicted molar refractivity (Wildman–Crippen MR) is 137 cm³/mol. The van der Waals surface area contributed by atoms with Gasteiger partial charge in [0, 0.05) is 13.1 Å². The number of sulfonamides is 1. The van der Waals surface area contributed by atoms with E-state index < -0.39 is 22.0 Å². The van der Waals surface area contributed by atoms with E-state index in [4.69, 9.17) is 0 Å². The number of hydrogen-bond donors (Lipinski definition) is 1. The summed E-state index contributed by atoms with van der Waals surface area (Å²) >= 11 is 0. The highest BCUT2D eigenvalue weighted by molar-refractivity contribution is 7.92. The van der Waals surface area contributed by atoms with Gasteiger partial charge in [-0.3, -0.25) is 13.9 Å². The van der Waals surface area contributed by atoms with E-state index in [9.17, 15) is 18.0 Å². The molecular formula is C26H37N3O4S. The van der Waals surface area contributed by atoms with E-state index in [1.54, 1.807) is 25.1 Å². The molecule has 0 aliphatic carbocycles. The third-order valence-corrected chi connectivity index (χ3v) is 6.74. The molecule has 0 aromatic heterocycles. The Labute approximate surface area is 204 Å². The highest BCUT2D eigenvalue weighted by Gasteiger charge is 2.31. The van der Waals surface area contributed by atoms with Crippen molar-refractivity contribution in [2.24, 2.45) is 5.92 Å². The van der Waals surface area contributed by atoms with Gasteiger partial charge in [-0.25, -0.2) is 8.42 Å². The lowest BCUT2D eigenvalue weighted by Gasteiger charge is -2.33. The number of anilines is 1. The minimum absolute atomic E-state index is 0.223. The zero-order chi connectivity index (χ0) is 25.3.